The third-order valence-electron chi connectivity index (χ3n) is 3.42. The molecule has 2 N–H and O–H groups in total. The molecule has 0 radical (unpaired) electrons. The normalized spacial score (nSPS) is 11.1. The lowest BCUT2D eigenvalue weighted by molar-refractivity contribution is 0.0600. The highest BCUT2D eigenvalue weighted by atomic mass is 16.5. The lowest BCUT2D eigenvalue weighted by Gasteiger charge is -2.19. The van der Waals surface area contributed by atoms with Crippen molar-refractivity contribution in [3.8, 4) is 23.0 Å². The van der Waals surface area contributed by atoms with Gasteiger partial charge in [0.1, 0.15) is 5.75 Å². The second kappa shape index (κ2) is 6.20. The number of phenols is 2. The van der Waals surface area contributed by atoms with Gasteiger partial charge in [-0.15, -0.1) is 0 Å². The Bertz CT molecular complexity index is 711. The SMILES string of the molecule is COC(=O)c1cc(O)c(O)c(Oc2ccc(C(C)(C)C)cc2)c1. The first-order valence-electron chi connectivity index (χ1n) is 7.15. The van der Waals surface area contributed by atoms with Crippen LogP contribution in [0.15, 0.2) is 36.4 Å². The molecule has 0 aromatic heterocycles. The van der Waals surface area contributed by atoms with Crippen molar-refractivity contribution in [3.63, 3.8) is 0 Å². The van der Waals surface area contributed by atoms with Gasteiger partial charge in [0.25, 0.3) is 0 Å². The van der Waals surface area contributed by atoms with E-state index in [4.69, 9.17) is 4.74 Å². The van der Waals surface area contributed by atoms with Gasteiger partial charge >= 0.3 is 5.97 Å². The second-order valence-corrected chi connectivity index (χ2v) is 6.21. The topological polar surface area (TPSA) is 76.0 Å². The van der Waals surface area contributed by atoms with E-state index in [1.54, 1.807) is 12.1 Å². The molecule has 0 bridgehead atoms. The van der Waals surface area contributed by atoms with Crippen LogP contribution in [-0.4, -0.2) is 23.3 Å². The van der Waals surface area contributed by atoms with Crippen molar-refractivity contribution in [2.75, 3.05) is 7.11 Å². The zero-order valence-electron chi connectivity index (χ0n) is 13.6. The fourth-order valence-corrected chi connectivity index (χ4v) is 2.06. The molecule has 0 aliphatic heterocycles. The van der Waals surface area contributed by atoms with E-state index >= 15 is 0 Å². The Kier molecular flexibility index (Phi) is 4.50. The van der Waals surface area contributed by atoms with E-state index in [1.165, 1.54) is 13.2 Å². The van der Waals surface area contributed by atoms with Crippen molar-refractivity contribution in [2.24, 2.45) is 0 Å². The van der Waals surface area contributed by atoms with Crippen LogP contribution in [0.3, 0.4) is 0 Å². The number of ether oxygens (including phenoxy) is 2. The largest absolute Gasteiger partial charge is 0.504 e. The Labute approximate surface area is 135 Å². The van der Waals surface area contributed by atoms with Crippen LogP contribution in [0.4, 0.5) is 0 Å². The van der Waals surface area contributed by atoms with Gasteiger partial charge in [-0.1, -0.05) is 32.9 Å². The van der Waals surface area contributed by atoms with Crippen molar-refractivity contribution in [2.45, 2.75) is 26.2 Å². The van der Waals surface area contributed by atoms with Gasteiger partial charge < -0.3 is 19.7 Å². The molecule has 0 amide bonds. The summed E-state index contributed by atoms with van der Waals surface area (Å²) in [4.78, 5) is 11.6. The smallest absolute Gasteiger partial charge is 0.338 e. The number of rotatable bonds is 3. The first-order valence-corrected chi connectivity index (χ1v) is 7.15. The highest BCUT2D eigenvalue weighted by Crippen LogP contribution is 2.39. The molecule has 122 valence electrons. The average molecular weight is 316 g/mol. The standard InChI is InChI=1S/C18H20O5/c1-18(2,3)12-5-7-13(8-6-12)23-15-10-11(17(21)22-4)9-14(19)16(15)20/h5-10,19-20H,1-4H3. The fraction of sp³-hybridized carbons (Fsp3) is 0.278. The molecule has 5 heteroatoms. The maximum Gasteiger partial charge on any atom is 0.338 e. The van der Waals surface area contributed by atoms with Gasteiger partial charge in [0, 0.05) is 0 Å². The monoisotopic (exact) mass is 316 g/mol. The van der Waals surface area contributed by atoms with Gasteiger partial charge in [0.15, 0.2) is 11.5 Å². The number of hydrogen-bond acceptors (Lipinski definition) is 5. The molecule has 0 unspecified atom stereocenters. The number of hydrogen-bond donors (Lipinski definition) is 2. The summed E-state index contributed by atoms with van der Waals surface area (Å²) in [5.74, 6) is -1.05. The number of benzene rings is 2. The minimum atomic E-state index is -0.631. The zero-order chi connectivity index (χ0) is 17.2. The van der Waals surface area contributed by atoms with Crippen LogP contribution < -0.4 is 4.74 Å². The molecule has 0 aliphatic rings. The Balaban J connectivity index is 2.32. The second-order valence-electron chi connectivity index (χ2n) is 6.21. The Morgan fingerprint density at radius 1 is 1.04 bits per heavy atom. The van der Waals surface area contributed by atoms with Crippen LogP contribution >= 0.6 is 0 Å². The molecular weight excluding hydrogens is 296 g/mol. The molecule has 0 atom stereocenters. The van der Waals surface area contributed by atoms with E-state index in [0.29, 0.717) is 5.75 Å². The quantitative estimate of drug-likeness (QED) is 0.662. The summed E-state index contributed by atoms with van der Waals surface area (Å²) in [5.41, 5.74) is 1.24. The summed E-state index contributed by atoms with van der Waals surface area (Å²) < 4.78 is 10.2. The van der Waals surface area contributed by atoms with Crippen molar-refractivity contribution in [1.29, 1.82) is 0 Å². The van der Waals surface area contributed by atoms with Crippen LogP contribution in [0.25, 0.3) is 0 Å². The van der Waals surface area contributed by atoms with E-state index in [2.05, 4.69) is 25.5 Å². The van der Waals surface area contributed by atoms with E-state index in [9.17, 15) is 15.0 Å². The van der Waals surface area contributed by atoms with Gasteiger partial charge in [-0.2, -0.15) is 0 Å². The molecule has 0 heterocycles. The first-order chi connectivity index (χ1) is 10.7. The van der Waals surface area contributed by atoms with Crippen LogP contribution in [0, 0.1) is 0 Å². The molecular formula is C18H20O5. The predicted molar refractivity (Wildman–Crippen MR) is 86.3 cm³/mol. The third kappa shape index (κ3) is 3.74. The molecule has 0 aliphatic carbocycles. The molecule has 0 saturated carbocycles. The summed E-state index contributed by atoms with van der Waals surface area (Å²) in [6, 6.07) is 9.83. The van der Waals surface area contributed by atoms with Crippen molar-refractivity contribution < 1.29 is 24.5 Å². The average Bonchev–Trinajstić information content (AvgIpc) is 2.50. The summed E-state index contributed by atoms with van der Waals surface area (Å²) in [5, 5.41) is 19.6. The van der Waals surface area contributed by atoms with Gasteiger partial charge in [-0.25, -0.2) is 4.79 Å². The maximum absolute atomic E-state index is 11.6. The molecule has 0 saturated heterocycles. The molecule has 2 aromatic carbocycles. The Morgan fingerprint density at radius 3 is 2.17 bits per heavy atom. The zero-order valence-corrected chi connectivity index (χ0v) is 13.6. The summed E-state index contributed by atoms with van der Waals surface area (Å²) in [6.45, 7) is 6.31. The number of carbonyl (C=O) groups excluding carboxylic acids is 1. The minimum absolute atomic E-state index is 0.0176. The number of carbonyl (C=O) groups is 1. The van der Waals surface area contributed by atoms with Gasteiger partial charge in [0.05, 0.1) is 12.7 Å². The van der Waals surface area contributed by atoms with Crippen LogP contribution in [0.5, 0.6) is 23.0 Å². The van der Waals surface area contributed by atoms with E-state index in [-0.39, 0.29) is 16.7 Å². The summed E-state index contributed by atoms with van der Waals surface area (Å²) in [7, 11) is 1.23. The predicted octanol–water partition coefficient (Wildman–Crippen LogP) is 3.97. The molecule has 5 nitrogen and oxygen atoms in total. The lowest BCUT2D eigenvalue weighted by atomic mass is 9.87. The van der Waals surface area contributed by atoms with Gasteiger partial charge in [0.2, 0.25) is 5.75 Å². The number of esters is 1. The third-order valence-corrected chi connectivity index (χ3v) is 3.42. The molecule has 2 rings (SSSR count). The minimum Gasteiger partial charge on any atom is -0.504 e. The molecule has 0 fully saturated rings. The first kappa shape index (κ1) is 16.7. The van der Waals surface area contributed by atoms with Gasteiger partial charge in [-0.05, 0) is 35.2 Å². The Hall–Kier alpha value is -2.69. The van der Waals surface area contributed by atoms with Gasteiger partial charge in [-0.3, -0.25) is 0 Å². The van der Waals surface area contributed by atoms with E-state index in [0.717, 1.165) is 11.6 Å². The number of methoxy groups -OCH3 is 1. The maximum atomic E-state index is 11.6. The van der Waals surface area contributed by atoms with E-state index in [1.807, 2.05) is 12.1 Å². The molecule has 23 heavy (non-hydrogen) atoms. The highest BCUT2D eigenvalue weighted by molar-refractivity contribution is 5.91. The lowest BCUT2D eigenvalue weighted by Crippen LogP contribution is -2.10. The number of aromatic hydroxyl groups is 2. The summed E-state index contributed by atoms with van der Waals surface area (Å²) in [6.07, 6.45) is 0. The van der Waals surface area contributed by atoms with E-state index < -0.39 is 17.5 Å². The number of phenolic OH excluding ortho intramolecular Hbond substituents is 2. The Morgan fingerprint density at radius 2 is 1.65 bits per heavy atom. The van der Waals surface area contributed by atoms with Crippen LogP contribution in [0.1, 0.15) is 36.7 Å². The van der Waals surface area contributed by atoms with Crippen LogP contribution in [0.2, 0.25) is 0 Å². The summed E-state index contributed by atoms with van der Waals surface area (Å²) >= 11 is 0. The molecule has 0 spiro atoms. The highest BCUT2D eigenvalue weighted by Gasteiger charge is 2.17. The van der Waals surface area contributed by atoms with Crippen molar-refractivity contribution in [3.05, 3.63) is 47.5 Å². The fourth-order valence-electron chi connectivity index (χ4n) is 2.06. The van der Waals surface area contributed by atoms with Crippen molar-refractivity contribution in [1.82, 2.24) is 0 Å². The van der Waals surface area contributed by atoms with Crippen LogP contribution in [-0.2, 0) is 10.2 Å². The van der Waals surface area contributed by atoms with Crippen molar-refractivity contribution >= 4 is 5.97 Å². The molecule has 2 aromatic rings.